The first-order valence-corrected chi connectivity index (χ1v) is 6.63. The van der Waals surface area contributed by atoms with Crippen molar-refractivity contribution in [1.82, 2.24) is 5.32 Å². The molecule has 1 heterocycles. The standard InChI is InChI=1S/C15H22FNO/c1-10-7-11(2)14(13(8-10)18-3)15(16)12-5-4-6-17-9-12/h7-8,12,15,17H,4-6,9H2,1-3H3. The van der Waals surface area contributed by atoms with E-state index in [2.05, 4.69) is 5.32 Å². The quantitative estimate of drug-likeness (QED) is 0.889. The summed E-state index contributed by atoms with van der Waals surface area (Å²) in [6.07, 6.45) is 1.07. The highest BCUT2D eigenvalue weighted by Crippen LogP contribution is 2.38. The van der Waals surface area contributed by atoms with Gasteiger partial charge in [-0.3, -0.25) is 0 Å². The van der Waals surface area contributed by atoms with Crippen LogP contribution in [0.4, 0.5) is 4.39 Å². The van der Waals surface area contributed by atoms with Crippen molar-refractivity contribution in [2.45, 2.75) is 32.9 Å². The third kappa shape index (κ3) is 2.66. The molecule has 3 heteroatoms. The van der Waals surface area contributed by atoms with Crippen molar-refractivity contribution < 1.29 is 9.13 Å². The molecule has 2 nitrogen and oxygen atoms in total. The number of methoxy groups -OCH3 is 1. The minimum Gasteiger partial charge on any atom is -0.496 e. The Morgan fingerprint density at radius 1 is 1.39 bits per heavy atom. The van der Waals surface area contributed by atoms with Gasteiger partial charge in [0.15, 0.2) is 0 Å². The first kappa shape index (κ1) is 13.3. The van der Waals surface area contributed by atoms with Gasteiger partial charge in [0.25, 0.3) is 0 Å². The van der Waals surface area contributed by atoms with Crippen LogP contribution in [-0.2, 0) is 0 Å². The topological polar surface area (TPSA) is 21.3 Å². The van der Waals surface area contributed by atoms with Gasteiger partial charge in [-0.1, -0.05) is 6.07 Å². The Morgan fingerprint density at radius 3 is 2.78 bits per heavy atom. The van der Waals surface area contributed by atoms with Gasteiger partial charge in [-0.2, -0.15) is 0 Å². The lowest BCUT2D eigenvalue weighted by Gasteiger charge is -2.28. The van der Waals surface area contributed by atoms with Crippen molar-refractivity contribution in [3.8, 4) is 5.75 Å². The van der Waals surface area contributed by atoms with Gasteiger partial charge < -0.3 is 10.1 Å². The van der Waals surface area contributed by atoms with Gasteiger partial charge >= 0.3 is 0 Å². The van der Waals surface area contributed by atoms with Crippen molar-refractivity contribution in [2.24, 2.45) is 5.92 Å². The molecule has 18 heavy (non-hydrogen) atoms. The smallest absolute Gasteiger partial charge is 0.133 e. The van der Waals surface area contributed by atoms with Gasteiger partial charge in [0, 0.05) is 18.0 Å². The molecule has 1 aliphatic rings. The highest BCUT2D eigenvalue weighted by Gasteiger charge is 2.28. The zero-order chi connectivity index (χ0) is 13.1. The molecule has 0 radical (unpaired) electrons. The molecule has 1 saturated heterocycles. The van der Waals surface area contributed by atoms with Crippen LogP contribution in [0.25, 0.3) is 0 Å². The molecule has 0 aromatic heterocycles. The second-order valence-electron chi connectivity index (χ2n) is 5.21. The molecule has 2 atom stereocenters. The van der Waals surface area contributed by atoms with Gasteiger partial charge in [0.05, 0.1) is 7.11 Å². The Labute approximate surface area is 109 Å². The molecule has 0 bridgehead atoms. The number of benzene rings is 1. The predicted molar refractivity (Wildman–Crippen MR) is 71.9 cm³/mol. The lowest BCUT2D eigenvalue weighted by Crippen LogP contribution is -2.32. The largest absolute Gasteiger partial charge is 0.496 e. The van der Waals surface area contributed by atoms with E-state index in [1.54, 1.807) is 7.11 Å². The first-order valence-electron chi connectivity index (χ1n) is 6.63. The van der Waals surface area contributed by atoms with Crippen LogP contribution in [0, 0.1) is 19.8 Å². The monoisotopic (exact) mass is 251 g/mol. The molecule has 1 aromatic rings. The Balaban J connectivity index is 2.30. The van der Waals surface area contributed by atoms with Gasteiger partial charge in [0.1, 0.15) is 11.9 Å². The number of halogens is 1. The summed E-state index contributed by atoms with van der Waals surface area (Å²) in [6.45, 7) is 5.74. The number of aryl methyl sites for hydroxylation is 2. The summed E-state index contributed by atoms with van der Waals surface area (Å²) >= 11 is 0. The molecule has 0 aliphatic carbocycles. The highest BCUT2D eigenvalue weighted by atomic mass is 19.1. The fraction of sp³-hybridized carbons (Fsp3) is 0.600. The minimum absolute atomic E-state index is 0.0639. The molecule has 0 amide bonds. The Morgan fingerprint density at radius 2 is 2.17 bits per heavy atom. The normalized spacial score (nSPS) is 21.7. The lowest BCUT2D eigenvalue weighted by atomic mass is 9.87. The van der Waals surface area contributed by atoms with Gasteiger partial charge in [0.2, 0.25) is 0 Å². The van der Waals surface area contributed by atoms with E-state index in [4.69, 9.17) is 4.74 Å². The molecule has 100 valence electrons. The van der Waals surface area contributed by atoms with Crippen molar-refractivity contribution in [1.29, 1.82) is 0 Å². The number of hydrogen-bond acceptors (Lipinski definition) is 2. The van der Waals surface area contributed by atoms with Crippen LogP contribution in [0.5, 0.6) is 5.75 Å². The van der Waals surface area contributed by atoms with E-state index in [0.29, 0.717) is 5.75 Å². The molecule has 2 rings (SSSR count). The van der Waals surface area contributed by atoms with Crippen LogP contribution < -0.4 is 10.1 Å². The number of rotatable bonds is 3. The molecule has 2 unspecified atom stereocenters. The summed E-state index contributed by atoms with van der Waals surface area (Å²) < 4.78 is 20.1. The lowest BCUT2D eigenvalue weighted by molar-refractivity contribution is 0.189. The summed E-state index contributed by atoms with van der Waals surface area (Å²) in [6, 6.07) is 3.95. The van der Waals surface area contributed by atoms with Gasteiger partial charge in [-0.05, 0) is 50.4 Å². The van der Waals surface area contributed by atoms with Crippen LogP contribution in [0.2, 0.25) is 0 Å². The maximum Gasteiger partial charge on any atom is 0.133 e. The molecule has 0 spiro atoms. The number of hydrogen-bond donors (Lipinski definition) is 1. The van der Waals surface area contributed by atoms with Crippen molar-refractivity contribution >= 4 is 0 Å². The van der Waals surface area contributed by atoms with Crippen LogP contribution in [0.15, 0.2) is 12.1 Å². The van der Waals surface area contributed by atoms with E-state index in [-0.39, 0.29) is 5.92 Å². The summed E-state index contributed by atoms with van der Waals surface area (Å²) in [4.78, 5) is 0. The average molecular weight is 251 g/mol. The zero-order valence-corrected chi connectivity index (χ0v) is 11.4. The highest BCUT2D eigenvalue weighted by molar-refractivity contribution is 5.44. The van der Waals surface area contributed by atoms with Crippen molar-refractivity contribution in [2.75, 3.05) is 20.2 Å². The summed E-state index contributed by atoms with van der Waals surface area (Å²) in [5, 5.41) is 3.27. The minimum atomic E-state index is -0.937. The summed E-state index contributed by atoms with van der Waals surface area (Å²) in [7, 11) is 1.61. The maximum absolute atomic E-state index is 14.7. The van der Waals surface area contributed by atoms with Gasteiger partial charge in [-0.15, -0.1) is 0 Å². The third-order valence-electron chi connectivity index (χ3n) is 3.74. The SMILES string of the molecule is COc1cc(C)cc(C)c1C(F)C1CCCNC1. The van der Waals surface area contributed by atoms with Crippen LogP contribution in [0.1, 0.15) is 35.7 Å². The van der Waals surface area contributed by atoms with Crippen molar-refractivity contribution in [3.63, 3.8) is 0 Å². The molecule has 1 N–H and O–H groups in total. The molecule has 0 saturated carbocycles. The number of nitrogens with one attached hydrogen (secondary N) is 1. The van der Waals surface area contributed by atoms with Crippen LogP contribution in [-0.4, -0.2) is 20.2 Å². The average Bonchev–Trinajstić information content (AvgIpc) is 2.38. The maximum atomic E-state index is 14.7. The Hall–Kier alpha value is -1.09. The van der Waals surface area contributed by atoms with E-state index in [1.807, 2.05) is 26.0 Å². The van der Waals surface area contributed by atoms with Crippen LogP contribution >= 0.6 is 0 Å². The van der Waals surface area contributed by atoms with E-state index in [0.717, 1.165) is 42.6 Å². The van der Waals surface area contributed by atoms with E-state index in [9.17, 15) is 4.39 Å². The van der Waals surface area contributed by atoms with E-state index < -0.39 is 6.17 Å². The van der Waals surface area contributed by atoms with Crippen molar-refractivity contribution in [3.05, 3.63) is 28.8 Å². The second-order valence-corrected chi connectivity index (χ2v) is 5.21. The van der Waals surface area contributed by atoms with E-state index >= 15 is 0 Å². The Kier molecular flexibility index (Phi) is 4.23. The molecule has 1 fully saturated rings. The molecular weight excluding hydrogens is 229 g/mol. The van der Waals surface area contributed by atoms with Gasteiger partial charge in [-0.25, -0.2) is 4.39 Å². The predicted octanol–water partition coefficient (Wildman–Crippen LogP) is 3.32. The number of ether oxygens (including phenoxy) is 1. The van der Waals surface area contributed by atoms with E-state index in [1.165, 1.54) is 0 Å². The zero-order valence-electron chi connectivity index (χ0n) is 11.4. The molecule has 1 aromatic carbocycles. The fourth-order valence-corrected chi connectivity index (χ4v) is 2.83. The molecule has 1 aliphatic heterocycles. The first-order chi connectivity index (χ1) is 8.63. The van der Waals surface area contributed by atoms with Crippen LogP contribution in [0.3, 0.4) is 0 Å². The second kappa shape index (κ2) is 5.70. The number of piperidine rings is 1. The summed E-state index contributed by atoms with van der Waals surface area (Å²) in [5.41, 5.74) is 2.84. The number of alkyl halides is 1. The summed E-state index contributed by atoms with van der Waals surface area (Å²) in [5.74, 6) is 0.750. The molecular formula is C15H22FNO. The fourth-order valence-electron chi connectivity index (χ4n) is 2.83. The third-order valence-corrected chi connectivity index (χ3v) is 3.74. The Bertz CT molecular complexity index is 413.